The van der Waals surface area contributed by atoms with E-state index in [4.69, 9.17) is 10.8 Å². The quantitative estimate of drug-likeness (QED) is 0.713. The molecule has 0 aromatic carbocycles. The number of aliphatic hydroxyl groups is 1. The SMILES string of the molecule is COC(=O)c1ccc(CC(N)CO)s1. The lowest BCUT2D eigenvalue weighted by molar-refractivity contribution is 0.0606. The van der Waals surface area contributed by atoms with Crippen LogP contribution in [0.3, 0.4) is 0 Å². The summed E-state index contributed by atoms with van der Waals surface area (Å²) in [5.41, 5.74) is 5.56. The summed E-state index contributed by atoms with van der Waals surface area (Å²) in [5, 5.41) is 8.75. The van der Waals surface area contributed by atoms with Crippen LogP contribution in [-0.2, 0) is 11.2 Å². The first-order valence-corrected chi connectivity index (χ1v) is 5.02. The Morgan fingerprint density at radius 3 is 3.00 bits per heavy atom. The van der Waals surface area contributed by atoms with Gasteiger partial charge in [0.1, 0.15) is 4.88 Å². The van der Waals surface area contributed by atoms with E-state index in [0.717, 1.165) is 4.88 Å². The molecule has 14 heavy (non-hydrogen) atoms. The van der Waals surface area contributed by atoms with Gasteiger partial charge >= 0.3 is 5.97 Å². The zero-order valence-electron chi connectivity index (χ0n) is 7.90. The second-order valence-corrected chi connectivity index (χ2v) is 4.07. The van der Waals surface area contributed by atoms with Gasteiger partial charge in [-0.15, -0.1) is 11.3 Å². The van der Waals surface area contributed by atoms with Crippen molar-refractivity contribution in [3.63, 3.8) is 0 Å². The van der Waals surface area contributed by atoms with Crippen LogP contribution < -0.4 is 5.73 Å². The summed E-state index contributed by atoms with van der Waals surface area (Å²) < 4.78 is 4.57. The maximum atomic E-state index is 11.1. The minimum absolute atomic E-state index is 0.0501. The highest BCUT2D eigenvalue weighted by Gasteiger charge is 2.10. The van der Waals surface area contributed by atoms with E-state index in [1.54, 1.807) is 6.07 Å². The second-order valence-electron chi connectivity index (χ2n) is 2.90. The molecule has 78 valence electrons. The van der Waals surface area contributed by atoms with Crippen molar-refractivity contribution in [2.75, 3.05) is 13.7 Å². The number of rotatable bonds is 4. The van der Waals surface area contributed by atoms with Crippen LogP contribution in [0, 0.1) is 0 Å². The molecule has 1 unspecified atom stereocenters. The fourth-order valence-corrected chi connectivity index (χ4v) is 2.04. The van der Waals surface area contributed by atoms with Gasteiger partial charge in [-0.1, -0.05) is 0 Å². The normalized spacial score (nSPS) is 12.5. The van der Waals surface area contributed by atoms with E-state index < -0.39 is 0 Å². The molecule has 0 saturated carbocycles. The Bertz CT molecular complexity index is 311. The molecular formula is C9H13NO3S. The van der Waals surface area contributed by atoms with Crippen LogP contribution in [0.2, 0.25) is 0 Å². The van der Waals surface area contributed by atoms with Crippen molar-refractivity contribution in [3.8, 4) is 0 Å². The van der Waals surface area contributed by atoms with Crippen LogP contribution in [0.25, 0.3) is 0 Å². The van der Waals surface area contributed by atoms with Crippen molar-refractivity contribution in [1.29, 1.82) is 0 Å². The highest BCUT2D eigenvalue weighted by Crippen LogP contribution is 2.18. The highest BCUT2D eigenvalue weighted by molar-refractivity contribution is 7.13. The maximum absolute atomic E-state index is 11.1. The molecule has 1 aromatic rings. The summed E-state index contributed by atoms with van der Waals surface area (Å²) >= 11 is 1.34. The topological polar surface area (TPSA) is 72.5 Å². The summed E-state index contributed by atoms with van der Waals surface area (Å²) in [6.45, 7) is -0.0501. The van der Waals surface area contributed by atoms with Crippen LogP contribution in [0.5, 0.6) is 0 Å². The Hall–Kier alpha value is -0.910. The molecule has 0 aliphatic rings. The molecule has 4 nitrogen and oxygen atoms in total. The Kier molecular flexibility index (Phi) is 4.06. The lowest BCUT2D eigenvalue weighted by Crippen LogP contribution is -2.26. The molecular weight excluding hydrogens is 202 g/mol. The molecule has 1 heterocycles. The first kappa shape index (κ1) is 11.2. The molecule has 0 saturated heterocycles. The molecule has 0 spiro atoms. The lowest BCUT2D eigenvalue weighted by Gasteiger charge is -2.04. The van der Waals surface area contributed by atoms with E-state index in [9.17, 15) is 4.79 Å². The average Bonchev–Trinajstić information content (AvgIpc) is 2.65. The summed E-state index contributed by atoms with van der Waals surface area (Å²) in [6.07, 6.45) is 0.582. The van der Waals surface area contributed by atoms with Crippen molar-refractivity contribution in [1.82, 2.24) is 0 Å². The van der Waals surface area contributed by atoms with Crippen molar-refractivity contribution < 1.29 is 14.6 Å². The Labute approximate surface area is 86.3 Å². The van der Waals surface area contributed by atoms with Crippen LogP contribution in [0.15, 0.2) is 12.1 Å². The molecule has 0 fully saturated rings. The number of ether oxygens (including phenoxy) is 1. The van der Waals surface area contributed by atoms with Gasteiger partial charge in [-0.3, -0.25) is 0 Å². The second kappa shape index (κ2) is 5.09. The lowest BCUT2D eigenvalue weighted by atomic mass is 10.2. The smallest absolute Gasteiger partial charge is 0.348 e. The zero-order chi connectivity index (χ0) is 10.6. The third-order valence-electron chi connectivity index (χ3n) is 1.75. The van der Waals surface area contributed by atoms with Crippen LogP contribution in [0.1, 0.15) is 14.5 Å². The van der Waals surface area contributed by atoms with Crippen LogP contribution in [0.4, 0.5) is 0 Å². The van der Waals surface area contributed by atoms with E-state index in [0.29, 0.717) is 11.3 Å². The zero-order valence-corrected chi connectivity index (χ0v) is 8.71. The number of nitrogens with two attached hydrogens (primary N) is 1. The van der Waals surface area contributed by atoms with E-state index in [1.807, 2.05) is 6.07 Å². The number of aliphatic hydroxyl groups excluding tert-OH is 1. The van der Waals surface area contributed by atoms with Crippen LogP contribution >= 0.6 is 11.3 Å². The average molecular weight is 215 g/mol. The molecule has 1 atom stereocenters. The van der Waals surface area contributed by atoms with Gasteiger partial charge in [0.2, 0.25) is 0 Å². The van der Waals surface area contributed by atoms with E-state index >= 15 is 0 Å². The van der Waals surface area contributed by atoms with Gasteiger partial charge < -0.3 is 15.6 Å². The molecule has 1 rings (SSSR count). The van der Waals surface area contributed by atoms with Crippen molar-refractivity contribution >= 4 is 17.3 Å². The van der Waals surface area contributed by atoms with Crippen LogP contribution in [-0.4, -0.2) is 30.8 Å². The molecule has 0 aliphatic carbocycles. The summed E-state index contributed by atoms with van der Waals surface area (Å²) in [6, 6.07) is 3.27. The van der Waals surface area contributed by atoms with Crippen molar-refractivity contribution in [2.24, 2.45) is 5.73 Å². The fraction of sp³-hybridized carbons (Fsp3) is 0.444. The molecule has 0 amide bonds. The molecule has 1 aromatic heterocycles. The minimum Gasteiger partial charge on any atom is -0.465 e. The number of esters is 1. The van der Waals surface area contributed by atoms with E-state index in [1.165, 1.54) is 18.4 Å². The number of carbonyl (C=O) groups is 1. The Morgan fingerprint density at radius 1 is 1.71 bits per heavy atom. The predicted octanol–water partition coefficient (Wildman–Crippen LogP) is 0.397. The molecule has 5 heteroatoms. The largest absolute Gasteiger partial charge is 0.465 e. The van der Waals surface area contributed by atoms with Crippen molar-refractivity contribution in [3.05, 3.63) is 21.9 Å². The van der Waals surface area contributed by atoms with Gasteiger partial charge in [-0.25, -0.2) is 4.79 Å². The van der Waals surface area contributed by atoms with Gasteiger partial charge in [-0.2, -0.15) is 0 Å². The monoisotopic (exact) mass is 215 g/mol. The molecule has 3 N–H and O–H groups in total. The number of thiophene rings is 1. The van der Waals surface area contributed by atoms with E-state index in [-0.39, 0.29) is 18.6 Å². The number of carbonyl (C=O) groups excluding carboxylic acids is 1. The molecule has 0 aliphatic heterocycles. The fourth-order valence-electron chi connectivity index (χ4n) is 1.02. The van der Waals surface area contributed by atoms with Gasteiger partial charge in [0, 0.05) is 10.9 Å². The van der Waals surface area contributed by atoms with Gasteiger partial charge in [0.05, 0.1) is 13.7 Å². The Balaban J connectivity index is 2.63. The molecule has 0 bridgehead atoms. The van der Waals surface area contributed by atoms with Gasteiger partial charge in [0.25, 0.3) is 0 Å². The summed E-state index contributed by atoms with van der Waals surface area (Å²) in [5.74, 6) is -0.334. The van der Waals surface area contributed by atoms with Gasteiger partial charge in [0.15, 0.2) is 0 Å². The number of hydrogen-bond donors (Lipinski definition) is 2. The number of methoxy groups -OCH3 is 1. The Morgan fingerprint density at radius 2 is 2.43 bits per heavy atom. The maximum Gasteiger partial charge on any atom is 0.348 e. The predicted molar refractivity (Wildman–Crippen MR) is 54.4 cm³/mol. The summed E-state index contributed by atoms with van der Waals surface area (Å²) in [7, 11) is 1.35. The first-order chi connectivity index (χ1) is 6.67. The summed E-state index contributed by atoms with van der Waals surface area (Å²) in [4.78, 5) is 12.6. The first-order valence-electron chi connectivity index (χ1n) is 4.21. The molecule has 0 radical (unpaired) electrons. The minimum atomic E-state index is -0.334. The van der Waals surface area contributed by atoms with Crippen molar-refractivity contribution in [2.45, 2.75) is 12.5 Å². The van der Waals surface area contributed by atoms with Gasteiger partial charge in [-0.05, 0) is 18.6 Å². The van der Waals surface area contributed by atoms with E-state index in [2.05, 4.69) is 4.74 Å². The third-order valence-corrected chi connectivity index (χ3v) is 2.83. The number of hydrogen-bond acceptors (Lipinski definition) is 5. The third kappa shape index (κ3) is 2.80. The highest BCUT2D eigenvalue weighted by atomic mass is 32.1. The standard InChI is InChI=1S/C9H13NO3S/c1-13-9(12)8-3-2-7(14-8)4-6(10)5-11/h2-3,6,11H,4-5,10H2,1H3.